The number of carbonyl (C=O) groups excluding carboxylic acids is 1. The van der Waals surface area contributed by atoms with Crippen LogP contribution < -0.4 is 5.32 Å². The second-order valence-electron chi connectivity index (χ2n) is 5.63. The zero-order valence-electron chi connectivity index (χ0n) is 14.2. The Kier molecular flexibility index (Phi) is 5.34. The molecule has 0 aliphatic heterocycles. The summed E-state index contributed by atoms with van der Waals surface area (Å²) < 4.78 is 0. The predicted octanol–water partition coefficient (Wildman–Crippen LogP) is 4.84. The van der Waals surface area contributed by atoms with E-state index >= 15 is 0 Å². The average molecular weight is 419 g/mol. The van der Waals surface area contributed by atoms with E-state index in [-0.39, 0.29) is 16.3 Å². The standard InChI is InChI=1S/C17H11ClN4O5S/c1-9-14(21(24)25)6-10(7-15(9)22(26)27)16(23)20-17-19-13(8-28-17)11-4-2-3-5-12(11)18/h2-8H,1H3,(H,19,20,23). The summed E-state index contributed by atoms with van der Waals surface area (Å²) in [4.78, 5) is 37.5. The van der Waals surface area contributed by atoms with E-state index in [1.165, 1.54) is 6.92 Å². The molecule has 0 saturated heterocycles. The largest absolute Gasteiger partial charge is 0.298 e. The van der Waals surface area contributed by atoms with Crippen molar-refractivity contribution in [3.63, 3.8) is 0 Å². The van der Waals surface area contributed by atoms with E-state index in [1.807, 2.05) is 0 Å². The second-order valence-corrected chi connectivity index (χ2v) is 6.89. The van der Waals surface area contributed by atoms with Gasteiger partial charge in [0.2, 0.25) is 0 Å². The molecule has 3 aromatic rings. The Balaban J connectivity index is 1.91. The third-order valence-electron chi connectivity index (χ3n) is 3.88. The van der Waals surface area contributed by atoms with E-state index in [1.54, 1.807) is 29.6 Å². The van der Waals surface area contributed by atoms with Crippen LogP contribution in [0.5, 0.6) is 0 Å². The molecule has 0 fully saturated rings. The van der Waals surface area contributed by atoms with Gasteiger partial charge in [-0.05, 0) is 13.0 Å². The summed E-state index contributed by atoms with van der Waals surface area (Å²) in [6.07, 6.45) is 0. The van der Waals surface area contributed by atoms with Crippen LogP contribution in [0.3, 0.4) is 0 Å². The molecular weight excluding hydrogens is 408 g/mol. The number of benzene rings is 2. The maximum Gasteiger partial charge on any atom is 0.279 e. The molecule has 0 radical (unpaired) electrons. The zero-order chi connectivity index (χ0) is 20.4. The first-order chi connectivity index (χ1) is 13.3. The summed E-state index contributed by atoms with van der Waals surface area (Å²) in [6.45, 7) is 1.26. The fraction of sp³-hybridized carbons (Fsp3) is 0.0588. The van der Waals surface area contributed by atoms with E-state index in [4.69, 9.17) is 11.6 Å². The van der Waals surface area contributed by atoms with Crippen molar-refractivity contribution in [2.75, 3.05) is 5.32 Å². The van der Waals surface area contributed by atoms with Gasteiger partial charge in [0.05, 0.1) is 21.1 Å². The van der Waals surface area contributed by atoms with Crippen LogP contribution in [0, 0.1) is 27.2 Å². The third kappa shape index (κ3) is 3.82. The molecule has 0 saturated carbocycles. The Morgan fingerprint density at radius 2 is 1.75 bits per heavy atom. The molecule has 0 atom stereocenters. The molecule has 1 aromatic heterocycles. The van der Waals surface area contributed by atoms with Crippen molar-refractivity contribution < 1.29 is 14.6 Å². The number of nitro groups is 2. The Labute approximate surface area is 166 Å². The summed E-state index contributed by atoms with van der Waals surface area (Å²) in [7, 11) is 0. The van der Waals surface area contributed by atoms with Crippen LogP contribution in [0.1, 0.15) is 15.9 Å². The summed E-state index contributed by atoms with van der Waals surface area (Å²) >= 11 is 7.26. The number of carbonyl (C=O) groups is 1. The maximum absolute atomic E-state index is 12.5. The average Bonchev–Trinajstić information content (AvgIpc) is 3.09. The first-order valence-corrected chi connectivity index (χ1v) is 8.99. The van der Waals surface area contributed by atoms with Gasteiger partial charge in [0.25, 0.3) is 17.3 Å². The Morgan fingerprint density at radius 1 is 1.14 bits per heavy atom. The lowest BCUT2D eigenvalue weighted by molar-refractivity contribution is -0.395. The van der Waals surface area contributed by atoms with Crippen LogP contribution in [-0.4, -0.2) is 20.7 Å². The number of amides is 1. The van der Waals surface area contributed by atoms with E-state index < -0.39 is 27.1 Å². The first-order valence-electron chi connectivity index (χ1n) is 7.73. The smallest absolute Gasteiger partial charge is 0.279 e. The summed E-state index contributed by atoms with van der Waals surface area (Å²) in [5.74, 6) is -0.744. The third-order valence-corrected chi connectivity index (χ3v) is 4.97. The lowest BCUT2D eigenvalue weighted by Crippen LogP contribution is -2.13. The molecule has 11 heteroatoms. The number of hydrogen-bond acceptors (Lipinski definition) is 7. The second kappa shape index (κ2) is 7.71. The normalized spacial score (nSPS) is 10.5. The Morgan fingerprint density at radius 3 is 2.32 bits per heavy atom. The fourth-order valence-corrected chi connectivity index (χ4v) is 3.43. The monoisotopic (exact) mass is 418 g/mol. The van der Waals surface area contributed by atoms with Crippen molar-refractivity contribution in [3.8, 4) is 11.3 Å². The quantitative estimate of drug-likeness (QED) is 0.466. The number of rotatable bonds is 5. The Bertz CT molecular complexity index is 1080. The van der Waals surface area contributed by atoms with E-state index in [2.05, 4.69) is 10.3 Å². The number of thiazole rings is 1. The number of anilines is 1. The first kappa shape index (κ1) is 19.4. The minimum atomic E-state index is -0.766. The molecule has 0 bridgehead atoms. The van der Waals surface area contributed by atoms with Crippen LogP contribution in [0.25, 0.3) is 11.3 Å². The summed E-state index contributed by atoms with van der Waals surface area (Å²) in [5.41, 5.74) is -0.111. The van der Waals surface area contributed by atoms with Crippen LogP contribution >= 0.6 is 22.9 Å². The fourth-order valence-electron chi connectivity index (χ4n) is 2.49. The molecule has 142 valence electrons. The van der Waals surface area contributed by atoms with Crippen molar-refractivity contribution in [1.82, 2.24) is 4.98 Å². The molecule has 3 rings (SSSR count). The van der Waals surface area contributed by atoms with Gasteiger partial charge in [-0.15, -0.1) is 11.3 Å². The topological polar surface area (TPSA) is 128 Å². The van der Waals surface area contributed by atoms with E-state index in [0.717, 1.165) is 23.5 Å². The van der Waals surface area contributed by atoms with Crippen LogP contribution in [-0.2, 0) is 0 Å². The molecule has 1 N–H and O–H groups in total. The highest BCUT2D eigenvalue weighted by Crippen LogP contribution is 2.32. The lowest BCUT2D eigenvalue weighted by Gasteiger charge is -2.05. The predicted molar refractivity (Wildman–Crippen MR) is 105 cm³/mol. The number of nitrogens with one attached hydrogen (secondary N) is 1. The number of nitrogens with zero attached hydrogens (tertiary/aromatic N) is 3. The van der Waals surface area contributed by atoms with Crippen molar-refractivity contribution in [3.05, 3.63) is 78.2 Å². The molecule has 0 unspecified atom stereocenters. The maximum atomic E-state index is 12.5. The van der Waals surface area contributed by atoms with Crippen molar-refractivity contribution in [1.29, 1.82) is 0 Å². The van der Waals surface area contributed by atoms with Crippen LogP contribution in [0.4, 0.5) is 16.5 Å². The number of nitro benzene ring substituents is 2. The molecular formula is C17H11ClN4O5S. The summed E-state index contributed by atoms with van der Waals surface area (Å²) in [5, 5.41) is 27.2. The molecule has 9 nitrogen and oxygen atoms in total. The van der Waals surface area contributed by atoms with Gasteiger partial charge in [-0.3, -0.25) is 30.3 Å². The highest BCUT2D eigenvalue weighted by atomic mass is 35.5. The van der Waals surface area contributed by atoms with Crippen molar-refractivity contribution in [2.24, 2.45) is 0 Å². The Hall–Kier alpha value is -3.37. The number of halogens is 1. The van der Waals surface area contributed by atoms with Gasteiger partial charge in [-0.25, -0.2) is 4.98 Å². The number of aromatic nitrogens is 1. The summed E-state index contributed by atoms with van der Waals surface area (Å²) in [6, 6.07) is 9.05. The minimum Gasteiger partial charge on any atom is -0.298 e. The molecule has 1 heterocycles. The molecule has 0 aliphatic rings. The molecule has 0 aliphatic carbocycles. The van der Waals surface area contributed by atoms with Gasteiger partial charge < -0.3 is 0 Å². The van der Waals surface area contributed by atoms with Gasteiger partial charge in [0.15, 0.2) is 5.13 Å². The minimum absolute atomic E-state index is 0.123. The van der Waals surface area contributed by atoms with Gasteiger partial charge >= 0.3 is 0 Å². The lowest BCUT2D eigenvalue weighted by atomic mass is 10.1. The molecule has 1 amide bonds. The highest BCUT2D eigenvalue weighted by molar-refractivity contribution is 7.14. The molecule has 2 aromatic carbocycles. The number of hydrogen-bond donors (Lipinski definition) is 1. The molecule has 0 spiro atoms. The van der Waals surface area contributed by atoms with E-state index in [9.17, 15) is 25.0 Å². The zero-order valence-corrected chi connectivity index (χ0v) is 15.8. The van der Waals surface area contributed by atoms with Crippen LogP contribution in [0.2, 0.25) is 5.02 Å². The van der Waals surface area contributed by atoms with Gasteiger partial charge in [0.1, 0.15) is 5.56 Å². The highest BCUT2D eigenvalue weighted by Gasteiger charge is 2.25. The van der Waals surface area contributed by atoms with Gasteiger partial charge in [-0.1, -0.05) is 29.8 Å². The van der Waals surface area contributed by atoms with E-state index in [0.29, 0.717) is 16.3 Å². The van der Waals surface area contributed by atoms with Crippen molar-refractivity contribution in [2.45, 2.75) is 6.92 Å². The van der Waals surface area contributed by atoms with Crippen LogP contribution in [0.15, 0.2) is 41.8 Å². The van der Waals surface area contributed by atoms with Gasteiger partial charge in [-0.2, -0.15) is 0 Å². The molecule has 28 heavy (non-hydrogen) atoms. The van der Waals surface area contributed by atoms with Crippen molar-refractivity contribution >= 4 is 45.4 Å². The SMILES string of the molecule is Cc1c([N+](=O)[O-])cc(C(=O)Nc2nc(-c3ccccc3Cl)cs2)cc1[N+](=O)[O-]. The van der Waals surface area contributed by atoms with Gasteiger partial charge in [0, 0.05) is 28.1 Å².